The van der Waals surface area contributed by atoms with Gasteiger partial charge in [0.2, 0.25) is 5.43 Å². The second-order valence-electron chi connectivity index (χ2n) is 8.03. The number of carbonyl (C=O) groups is 1. The Balaban J connectivity index is 1.73. The maximum Gasteiger partial charge on any atom is 0.416 e. The number of nitrogens with zero attached hydrogens (tertiary/aromatic N) is 4. The molecule has 1 amide bonds. The van der Waals surface area contributed by atoms with Crippen molar-refractivity contribution in [2.24, 2.45) is 7.05 Å². The Bertz CT molecular complexity index is 1460. The summed E-state index contributed by atoms with van der Waals surface area (Å²) in [6.07, 6.45) is -1.28. The molecule has 0 radical (unpaired) electrons. The molecule has 1 unspecified atom stereocenters. The third-order valence-electron chi connectivity index (χ3n) is 5.58. The van der Waals surface area contributed by atoms with Gasteiger partial charge < -0.3 is 14.6 Å². The number of imidazole rings is 1. The average molecular weight is 497 g/mol. The smallest absolute Gasteiger partial charge is 0.416 e. The van der Waals surface area contributed by atoms with Crippen molar-refractivity contribution in [3.8, 4) is 11.4 Å². The minimum atomic E-state index is -4.56. The highest BCUT2D eigenvalue weighted by molar-refractivity contribution is 5.92. The Hall–Kier alpha value is -4.41. The second-order valence-corrected chi connectivity index (χ2v) is 8.03. The summed E-state index contributed by atoms with van der Waals surface area (Å²) >= 11 is 0. The lowest BCUT2D eigenvalue weighted by atomic mass is 10.1. The molecule has 11 heteroatoms. The van der Waals surface area contributed by atoms with Crippen molar-refractivity contribution in [1.29, 1.82) is 0 Å². The molecule has 2 aromatic carbocycles. The fourth-order valence-corrected chi connectivity index (χ4v) is 3.73. The molecule has 1 atom stereocenters. The Morgan fingerprint density at radius 1 is 1.11 bits per heavy atom. The number of amides is 1. The van der Waals surface area contributed by atoms with Crippen LogP contribution in [-0.4, -0.2) is 32.3 Å². The van der Waals surface area contributed by atoms with Gasteiger partial charge in [0.1, 0.15) is 17.6 Å². The van der Waals surface area contributed by atoms with Crippen molar-refractivity contribution in [2.45, 2.75) is 19.1 Å². The van der Waals surface area contributed by atoms with Gasteiger partial charge in [0.05, 0.1) is 18.4 Å². The highest BCUT2D eigenvalue weighted by Crippen LogP contribution is 2.30. The van der Waals surface area contributed by atoms with Gasteiger partial charge >= 0.3 is 6.18 Å². The number of aromatic nitrogens is 4. The number of nitrogens with one attached hydrogen (secondary N) is 1. The van der Waals surface area contributed by atoms with Crippen LogP contribution in [0.4, 0.5) is 13.2 Å². The fraction of sp³-hybridized carbons (Fsp3) is 0.200. The molecule has 0 aliphatic carbocycles. The molecule has 0 aliphatic heterocycles. The topological polar surface area (TPSA) is 91.0 Å². The predicted molar refractivity (Wildman–Crippen MR) is 125 cm³/mol. The largest absolute Gasteiger partial charge is 0.497 e. The van der Waals surface area contributed by atoms with Crippen molar-refractivity contribution in [2.75, 3.05) is 7.11 Å². The van der Waals surface area contributed by atoms with Gasteiger partial charge in [-0.05, 0) is 42.8 Å². The zero-order chi connectivity index (χ0) is 26.0. The van der Waals surface area contributed by atoms with E-state index in [4.69, 9.17) is 4.74 Å². The van der Waals surface area contributed by atoms with Crippen LogP contribution in [0.3, 0.4) is 0 Å². The summed E-state index contributed by atoms with van der Waals surface area (Å²) in [4.78, 5) is 30.3. The minimum Gasteiger partial charge on any atom is -0.497 e. The number of methoxy groups -OCH3 is 1. The van der Waals surface area contributed by atoms with Crippen molar-refractivity contribution in [3.05, 3.63) is 106 Å². The van der Waals surface area contributed by atoms with Crippen molar-refractivity contribution in [3.63, 3.8) is 0 Å². The lowest BCUT2D eigenvalue weighted by Gasteiger charge is -2.20. The zero-order valence-corrected chi connectivity index (χ0v) is 19.6. The maximum atomic E-state index is 13.3. The number of ether oxygens (including phenoxy) is 1. The van der Waals surface area contributed by atoms with Crippen LogP contribution in [-0.2, 0) is 13.2 Å². The summed E-state index contributed by atoms with van der Waals surface area (Å²) in [5.41, 5.74) is -1.00. The first-order chi connectivity index (χ1) is 17.1. The van der Waals surface area contributed by atoms with E-state index >= 15 is 0 Å². The number of hydrogen-bond acceptors (Lipinski definition) is 5. The van der Waals surface area contributed by atoms with Crippen molar-refractivity contribution >= 4 is 5.91 Å². The Labute approximate surface area is 204 Å². The van der Waals surface area contributed by atoms with Gasteiger partial charge in [0.25, 0.3) is 5.91 Å². The summed E-state index contributed by atoms with van der Waals surface area (Å²) < 4.78 is 47.7. The monoisotopic (exact) mass is 497 g/mol. The first-order valence-electron chi connectivity index (χ1n) is 10.8. The van der Waals surface area contributed by atoms with Crippen LogP contribution in [0.5, 0.6) is 5.75 Å². The molecular weight excluding hydrogens is 475 g/mol. The molecule has 1 N–H and O–H groups in total. The molecule has 0 saturated heterocycles. The van der Waals surface area contributed by atoms with E-state index in [1.54, 1.807) is 48.3 Å². The second kappa shape index (κ2) is 9.68. The van der Waals surface area contributed by atoms with Gasteiger partial charge in [0.15, 0.2) is 5.69 Å². The molecule has 2 heterocycles. The van der Waals surface area contributed by atoms with Gasteiger partial charge in [0, 0.05) is 31.2 Å². The highest BCUT2D eigenvalue weighted by Gasteiger charge is 2.31. The lowest BCUT2D eigenvalue weighted by Crippen LogP contribution is -2.36. The summed E-state index contributed by atoms with van der Waals surface area (Å²) in [6, 6.07) is 11.8. The Kier molecular flexibility index (Phi) is 6.65. The first kappa shape index (κ1) is 24.7. The van der Waals surface area contributed by atoms with Crippen LogP contribution < -0.4 is 15.5 Å². The van der Waals surface area contributed by atoms with E-state index in [-0.39, 0.29) is 11.4 Å². The van der Waals surface area contributed by atoms with Crippen LogP contribution >= 0.6 is 0 Å². The van der Waals surface area contributed by atoms with E-state index in [0.29, 0.717) is 17.1 Å². The number of aryl methyl sites for hydroxylation is 2. The normalized spacial score (nSPS) is 12.3. The highest BCUT2D eigenvalue weighted by atomic mass is 19.4. The number of rotatable bonds is 6. The van der Waals surface area contributed by atoms with Gasteiger partial charge in [-0.2, -0.15) is 18.3 Å². The van der Waals surface area contributed by atoms with Crippen LogP contribution in [0.15, 0.2) is 71.8 Å². The molecule has 4 aromatic rings. The average Bonchev–Trinajstić information content (AvgIpc) is 3.27. The van der Waals surface area contributed by atoms with Gasteiger partial charge in [-0.15, -0.1) is 0 Å². The van der Waals surface area contributed by atoms with Crippen LogP contribution in [0.1, 0.15) is 39.2 Å². The molecule has 4 rings (SSSR count). The minimum absolute atomic E-state index is 0.0622. The molecule has 0 fully saturated rings. The molecule has 2 aromatic heterocycles. The van der Waals surface area contributed by atoms with E-state index < -0.39 is 34.8 Å². The van der Waals surface area contributed by atoms with E-state index in [1.165, 1.54) is 26.2 Å². The molecule has 0 bridgehead atoms. The number of benzene rings is 2. The fourth-order valence-electron chi connectivity index (χ4n) is 3.73. The molecule has 36 heavy (non-hydrogen) atoms. The predicted octanol–water partition coefficient (Wildman–Crippen LogP) is 3.82. The van der Waals surface area contributed by atoms with Gasteiger partial charge in [-0.3, -0.25) is 9.59 Å². The zero-order valence-electron chi connectivity index (χ0n) is 19.6. The molecular formula is C25H22F3N5O3. The van der Waals surface area contributed by atoms with E-state index in [0.717, 1.165) is 22.9 Å². The van der Waals surface area contributed by atoms with E-state index in [9.17, 15) is 22.8 Å². The summed E-state index contributed by atoms with van der Waals surface area (Å²) in [7, 11) is 3.29. The summed E-state index contributed by atoms with van der Waals surface area (Å²) in [6.45, 7) is 1.52. The molecule has 186 valence electrons. The van der Waals surface area contributed by atoms with Crippen molar-refractivity contribution < 1.29 is 22.7 Å². The van der Waals surface area contributed by atoms with E-state index in [1.807, 2.05) is 0 Å². The summed E-state index contributed by atoms with van der Waals surface area (Å²) in [5.74, 6) is 0.316. The third kappa shape index (κ3) is 4.99. The summed E-state index contributed by atoms with van der Waals surface area (Å²) in [5, 5.41) is 6.91. The molecule has 0 spiro atoms. The lowest BCUT2D eigenvalue weighted by molar-refractivity contribution is -0.137. The first-order valence-corrected chi connectivity index (χ1v) is 10.8. The maximum absolute atomic E-state index is 13.3. The third-order valence-corrected chi connectivity index (χ3v) is 5.58. The van der Waals surface area contributed by atoms with Gasteiger partial charge in [-0.25, -0.2) is 9.67 Å². The molecule has 0 saturated carbocycles. The van der Waals surface area contributed by atoms with Gasteiger partial charge in [-0.1, -0.05) is 18.2 Å². The number of carbonyl (C=O) groups excluding carboxylic acids is 1. The number of hydrogen-bond donors (Lipinski definition) is 1. The van der Waals surface area contributed by atoms with Crippen LogP contribution in [0.2, 0.25) is 0 Å². The molecule has 8 nitrogen and oxygen atoms in total. The van der Waals surface area contributed by atoms with Crippen LogP contribution in [0, 0.1) is 6.92 Å². The molecule has 0 aliphatic rings. The standard InChI is InChI=1S/C25H22F3N5O3/c1-15-13-20(34)22(31-33(15)18-6-4-5-17(14-18)25(26,27)28)24(35)30-21(23-29-11-12-32(23)2)16-7-9-19(36-3)10-8-16/h4-14,21H,1-3H3,(H,30,35). The quantitative estimate of drug-likeness (QED) is 0.437. The Morgan fingerprint density at radius 3 is 2.44 bits per heavy atom. The van der Waals surface area contributed by atoms with Crippen molar-refractivity contribution in [1.82, 2.24) is 24.6 Å². The SMILES string of the molecule is COc1ccc(C(NC(=O)c2nn(-c3cccc(C(F)(F)F)c3)c(C)cc2=O)c2nccn2C)cc1. The number of alkyl halides is 3. The number of halogens is 3. The van der Waals surface area contributed by atoms with Crippen LogP contribution in [0.25, 0.3) is 5.69 Å². The van der Waals surface area contributed by atoms with E-state index in [2.05, 4.69) is 15.4 Å². The Morgan fingerprint density at radius 2 is 1.83 bits per heavy atom.